The number of nitrogen functional groups attached to an aromatic ring is 1. The number of nitrogens with two attached hydrogens (primary N) is 1. The normalized spacial score (nSPS) is 10.3. The summed E-state index contributed by atoms with van der Waals surface area (Å²) in [5, 5.41) is 2.80. The van der Waals surface area contributed by atoms with Crippen LogP contribution < -0.4 is 11.1 Å². The molecule has 1 aromatic carbocycles. The summed E-state index contributed by atoms with van der Waals surface area (Å²) < 4.78 is 26.3. The number of hydrogen-bond donors (Lipinski definition) is 2. The third-order valence-electron chi connectivity index (χ3n) is 1.95. The highest BCUT2D eigenvalue weighted by molar-refractivity contribution is 9.10. The number of nitrogens with zero attached hydrogens (tertiary/aromatic N) is 2. The molecule has 0 saturated carbocycles. The van der Waals surface area contributed by atoms with E-state index in [2.05, 4.69) is 31.2 Å². The van der Waals surface area contributed by atoms with Gasteiger partial charge in [0.1, 0.15) is 5.82 Å². The summed E-state index contributed by atoms with van der Waals surface area (Å²) in [6.45, 7) is 0. The fraction of sp³-hybridized carbons (Fsp3) is 0. The second-order valence-electron chi connectivity index (χ2n) is 3.18. The van der Waals surface area contributed by atoms with Crippen molar-refractivity contribution in [3.63, 3.8) is 0 Å². The number of halogens is 3. The van der Waals surface area contributed by atoms with Crippen LogP contribution in [-0.2, 0) is 0 Å². The largest absolute Gasteiger partial charge is 0.368 e. The lowest BCUT2D eigenvalue weighted by molar-refractivity contribution is 0.509. The van der Waals surface area contributed by atoms with E-state index in [9.17, 15) is 8.78 Å². The highest BCUT2D eigenvalue weighted by Crippen LogP contribution is 2.24. The number of anilines is 3. The summed E-state index contributed by atoms with van der Waals surface area (Å²) in [6.07, 6.45) is 1.46. The van der Waals surface area contributed by atoms with Crippen LogP contribution in [-0.4, -0.2) is 9.97 Å². The van der Waals surface area contributed by atoms with Crippen molar-refractivity contribution in [2.75, 3.05) is 11.1 Å². The van der Waals surface area contributed by atoms with Gasteiger partial charge in [0.05, 0.1) is 4.47 Å². The average Bonchev–Trinajstić information content (AvgIpc) is 2.29. The molecule has 0 fully saturated rings. The number of benzene rings is 1. The molecular weight excluding hydrogens is 294 g/mol. The third kappa shape index (κ3) is 2.68. The number of nitrogens with one attached hydrogen (secondary N) is 1. The zero-order valence-electron chi connectivity index (χ0n) is 8.42. The highest BCUT2D eigenvalue weighted by atomic mass is 79.9. The van der Waals surface area contributed by atoms with Crippen LogP contribution in [0.2, 0.25) is 0 Å². The second-order valence-corrected chi connectivity index (χ2v) is 4.03. The van der Waals surface area contributed by atoms with Crippen molar-refractivity contribution in [1.29, 1.82) is 0 Å². The minimum atomic E-state index is -0.937. The van der Waals surface area contributed by atoms with Gasteiger partial charge < -0.3 is 11.1 Å². The standard InChI is InChI=1S/C10H7BrF2N4/c11-6-4-15-10(14)17-9(6)16-5-1-2-7(12)8(13)3-5/h1-4H,(H3,14,15,16,17). The van der Waals surface area contributed by atoms with Crippen molar-refractivity contribution in [1.82, 2.24) is 9.97 Å². The lowest BCUT2D eigenvalue weighted by atomic mass is 10.3. The molecule has 0 aliphatic carbocycles. The minimum Gasteiger partial charge on any atom is -0.368 e. The first-order valence-corrected chi connectivity index (χ1v) is 5.35. The van der Waals surface area contributed by atoms with E-state index in [-0.39, 0.29) is 5.95 Å². The average molecular weight is 301 g/mol. The lowest BCUT2D eigenvalue weighted by Gasteiger charge is -2.07. The van der Waals surface area contributed by atoms with Gasteiger partial charge in [-0.25, -0.2) is 13.8 Å². The van der Waals surface area contributed by atoms with Crippen molar-refractivity contribution in [2.24, 2.45) is 0 Å². The van der Waals surface area contributed by atoms with Crippen LogP contribution >= 0.6 is 15.9 Å². The van der Waals surface area contributed by atoms with Gasteiger partial charge in [-0.15, -0.1) is 0 Å². The first kappa shape index (κ1) is 11.7. The molecule has 3 N–H and O–H groups in total. The lowest BCUT2D eigenvalue weighted by Crippen LogP contribution is -2.01. The van der Waals surface area contributed by atoms with Gasteiger partial charge in [-0.05, 0) is 28.1 Å². The maximum absolute atomic E-state index is 13.0. The van der Waals surface area contributed by atoms with E-state index in [4.69, 9.17) is 5.73 Å². The van der Waals surface area contributed by atoms with Crippen molar-refractivity contribution in [3.05, 3.63) is 40.5 Å². The van der Waals surface area contributed by atoms with Crippen LogP contribution in [0.25, 0.3) is 0 Å². The van der Waals surface area contributed by atoms with E-state index in [1.165, 1.54) is 12.3 Å². The van der Waals surface area contributed by atoms with Gasteiger partial charge in [0.25, 0.3) is 0 Å². The molecule has 0 radical (unpaired) electrons. The molecule has 0 bridgehead atoms. The zero-order valence-corrected chi connectivity index (χ0v) is 10.0. The third-order valence-corrected chi connectivity index (χ3v) is 2.53. The Morgan fingerprint density at radius 2 is 2.00 bits per heavy atom. The molecule has 0 saturated heterocycles. The van der Waals surface area contributed by atoms with E-state index in [1.807, 2.05) is 0 Å². The second kappa shape index (κ2) is 4.62. The summed E-state index contributed by atoms with van der Waals surface area (Å²) in [6, 6.07) is 3.44. The maximum Gasteiger partial charge on any atom is 0.222 e. The Bertz CT molecular complexity index is 562. The number of hydrogen-bond acceptors (Lipinski definition) is 4. The van der Waals surface area contributed by atoms with E-state index < -0.39 is 11.6 Å². The Morgan fingerprint density at radius 3 is 2.71 bits per heavy atom. The quantitative estimate of drug-likeness (QED) is 0.895. The molecule has 1 aromatic heterocycles. The Morgan fingerprint density at radius 1 is 1.24 bits per heavy atom. The van der Waals surface area contributed by atoms with E-state index in [0.717, 1.165) is 12.1 Å². The molecule has 7 heteroatoms. The zero-order chi connectivity index (χ0) is 12.4. The molecule has 2 rings (SSSR count). The van der Waals surface area contributed by atoms with Gasteiger partial charge in [-0.3, -0.25) is 0 Å². The minimum absolute atomic E-state index is 0.0817. The molecular formula is C10H7BrF2N4. The Hall–Kier alpha value is -1.76. The maximum atomic E-state index is 13.0. The number of aromatic nitrogens is 2. The first-order chi connectivity index (χ1) is 8.06. The molecule has 4 nitrogen and oxygen atoms in total. The Kier molecular flexibility index (Phi) is 3.19. The molecule has 0 aliphatic heterocycles. The monoisotopic (exact) mass is 300 g/mol. The Balaban J connectivity index is 2.31. The van der Waals surface area contributed by atoms with Gasteiger partial charge >= 0.3 is 0 Å². The first-order valence-electron chi connectivity index (χ1n) is 4.56. The summed E-state index contributed by atoms with van der Waals surface area (Å²) in [5.41, 5.74) is 5.78. The van der Waals surface area contributed by atoms with Crippen LogP contribution in [0.5, 0.6) is 0 Å². The van der Waals surface area contributed by atoms with Crippen molar-refractivity contribution in [2.45, 2.75) is 0 Å². The van der Waals surface area contributed by atoms with E-state index in [1.54, 1.807) is 0 Å². The molecule has 17 heavy (non-hydrogen) atoms. The topological polar surface area (TPSA) is 63.8 Å². The van der Waals surface area contributed by atoms with Crippen LogP contribution in [0, 0.1) is 11.6 Å². The van der Waals surface area contributed by atoms with E-state index >= 15 is 0 Å². The molecule has 1 heterocycles. The molecule has 0 amide bonds. The molecule has 0 atom stereocenters. The summed E-state index contributed by atoms with van der Waals surface area (Å²) in [5.74, 6) is -1.38. The fourth-order valence-corrected chi connectivity index (χ4v) is 1.47. The predicted molar refractivity (Wildman–Crippen MR) is 63.8 cm³/mol. The van der Waals surface area contributed by atoms with Gasteiger partial charge in [0, 0.05) is 18.0 Å². The van der Waals surface area contributed by atoms with Gasteiger partial charge in [-0.1, -0.05) is 0 Å². The molecule has 0 unspecified atom stereocenters. The fourth-order valence-electron chi connectivity index (χ4n) is 1.18. The van der Waals surface area contributed by atoms with Gasteiger partial charge in [0.15, 0.2) is 11.6 Å². The smallest absolute Gasteiger partial charge is 0.222 e. The number of rotatable bonds is 2. The highest BCUT2D eigenvalue weighted by Gasteiger charge is 2.06. The predicted octanol–water partition coefficient (Wildman–Crippen LogP) is 2.84. The summed E-state index contributed by atoms with van der Waals surface area (Å²) in [4.78, 5) is 7.67. The van der Waals surface area contributed by atoms with E-state index in [0.29, 0.717) is 16.0 Å². The molecule has 2 aromatic rings. The summed E-state index contributed by atoms with van der Waals surface area (Å²) in [7, 11) is 0. The Labute approximate surface area is 104 Å². The molecule has 88 valence electrons. The van der Waals surface area contributed by atoms with Crippen molar-refractivity contribution < 1.29 is 8.78 Å². The van der Waals surface area contributed by atoms with Crippen molar-refractivity contribution >= 4 is 33.4 Å². The molecule has 0 aliphatic rings. The van der Waals surface area contributed by atoms with Crippen LogP contribution in [0.3, 0.4) is 0 Å². The SMILES string of the molecule is Nc1ncc(Br)c(Nc2ccc(F)c(F)c2)n1. The van der Waals surface area contributed by atoms with Gasteiger partial charge in [-0.2, -0.15) is 4.98 Å². The summed E-state index contributed by atoms with van der Waals surface area (Å²) >= 11 is 3.21. The van der Waals surface area contributed by atoms with Crippen molar-refractivity contribution in [3.8, 4) is 0 Å². The molecule has 0 spiro atoms. The van der Waals surface area contributed by atoms with Gasteiger partial charge in [0.2, 0.25) is 5.95 Å². The van der Waals surface area contributed by atoms with Crippen LogP contribution in [0.1, 0.15) is 0 Å². The van der Waals surface area contributed by atoms with Crippen LogP contribution in [0.4, 0.5) is 26.2 Å². The van der Waals surface area contributed by atoms with Crippen LogP contribution in [0.15, 0.2) is 28.9 Å².